The van der Waals surface area contributed by atoms with E-state index >= 15 is 0 Å². The summed E-state index contributed by atoms with van der Waals surface area (Å²) in [4.78, 5) is 10.5. The third kappa shape index (κ3) is 5.15. The highest BCUT2D eigenvalue weighted by molar-refractivity contribution is 9.10. The van der Waals surface area contributed by atoms with Crippen molar-refractivity contribution in [1.82, 2.24) is 0 Å². The number of aliphatic carboxylic acids is 1. The predicted octanol–water partition coefficient (Wildman–Crippen LogP) is 6.09. The molecule has 2 rings (SSSR count). The Bertz CT molecular complexity index is 752. The van der Waals surface area contributed by atoms with Gasteiger partial charge in [0.25, 0.3) is 0 Å². The van der Waals surface area contributed by atoms with Crippen molar-refractivity contribution in [2.24, 2.45) is 0 Å². The molecule has 0 unspecified atom stereocenters. The van der Waals surface area contributed by atoms with Crippen LogP contribution in [0.2, 0.25) is 15.1 Å². The van der Waals surface area contributed by atoms with Gasteiger partial charge in [-0.2, -0.15) is 0 Å². The molecule has 0 fully saturated rings. The normalized spacial score (nSPS) is 11.0. The topological polar surface area (TPSA) is 46.5 Å². The van der Waals surface area contributed by atoms with Crippen molar-refractivity contribution in [1.29, 1.82) is 0 Å². The molecule has 120 valence electrons. The first-order valence-corrected chi connectivity index (χ1v) is 8.26. The van der Waals surface area contributed by atoms with Crippen LogP contribution in [0.1, 0.15) is 11.1 Å². The standard InChI is InChI=1S/C16H10BrCl3O3/c17-12-5-9(1-4-15(21)22)6-14(20)16(12)23-8-10-2-3-11(18)7-13(10)19/h1-7H,8H2,(H,21,22)/b4-1+. The summed E-state index contributed by atoms with van der Waals surface area (Å²) in [6.07, 6.45) is 2.48. The summed E-state index contributed by atoms with van der Waals surface area (Å²) in [6.45, 7) is 0.221. The van der Waals surface area contributed by atoms with Gasteiger partial charge in [-0.05, 0) is 51.8 Å². The van der Waals surface area contributed by atoms with Crippen molar-refractivity contribution in [2.45, 2.75) is 6.61 Å². The molecular formula is C16H10BrCl3O3. The quantitative estimate of drug-likeness (QED) is 0.577. The Morgan fingerprint density at radius 2 is 1.91 bits per heavy atom. The van der Waals surface area contributed by atoms with Crippen molar-refractivity contribution in [3.8, 4) is 5.75 Å². The number of carboxylic acids is 1. The van der Waals surface area contributed by atoms with Gasteiger partial charge in [0.05, 0.1) is 9.50 Å². The maximum absolute atomic E-state index is 10.5. The second kappa shape index (κ2) is 8.06. The first-order valence-electron chi connectivity index (χ1n) is 6.33. The van der Waals surface area contributed by atoms with Gasteiger partial charge in [-0.15, -0.1) is 0 Å². The summed E-state index contributed by atoms with van der Waals surface area (Å²) in [5.74, 6) is -0.583. The molecule has 2 aromatic rings. The Morgan fingerprint density at radius 1 is 1.17 bits per heavy atom. The van der Waals surface area contributed by atoms with Crippen LogP contribution in [0.15, 0.2) is 40.9 Å². The fraction of sp³-hybridized carbons (Fsp3) is 0.0625. The van der Waals surface area contributed by atoms with Gasteiger partial charge in [-0.3, -0.25) is 0 Å². The summed E-state index contributed by atoms with van der Waals surface area (Å²) in [5.41, 5.74) is 1.41. The van der Waals surface area contributed by atoms with E-state index in [-0.39, 0.29) is 6.61 Å². The molecular weight excluding hydrogens is 426 g/mol. The summed E-state index contributed by atoms with van der Waals surface area (Å²) >= 11 is 21.5. The van der Waals surface area contributed by atoms with E-state index < -0.39 is 5.97 Å². The number of hydrogen-bond acceptors (Lipinski definition) is 2. The van der Waals surface area contributed by atoms with Crippen LogP contribution in [-0.2, 0) is 11.4 Å². The monoisotopic (exact) mass is 434 g/mol. The van der Waals surface area contributed by atoms with Crippen molar-refractivity contribution in [3.05, 3.63) is 67.1 Å². The molecule has 0 atom stereocenters. The Labute approximate surface area is 156 Å². The molecule has 3 nitrogen and oxygen atoms in total. The molecule has 0 amide bonds. The Hall–Kier alpha value is -1.20. The van der Waals surface area contributed by atoms with Gasteiger partial charge >= 0.3 is 5.97 Å². The first kappa shape index (κ1) is 18.1. The van der Waals surface area contributed by atoms with E-state index in [1.807, 2.05) is 0 Å². The molecule has 0 saturated heterocycles. The van der Waals surface area contributed by atoms with Gasteiger partial charge in [-0.25, -0.2) is 4.79 Å². The van der Waals surface area contributed by atoms with E-state index in [1.165, 1.54) is 6.08 Å². The molecule has 1 N–H and O–H groups in total. The SMILES string of the molecule is O=C(O)/C=C/c1cc(Cl)c(OCc2ccc(Cl)cc2Cl)c(Br)c1. The Morgan fingerprint density at radius 3 is 2.52 bits per heavy atom. The predicted molar refractivity (Wildman–Crippen MR) is 96.6 cm³/mol. The molecule has 0 aromatic heterocycles. The summed E-state index contributed by atoms with van der Waals surface area (Å²) in [5, 5.41) is 10.1. The van der Waals surface area contributed by atoms with Gasteiger partial charge < -0.3 is 9.84 Å². The minimum absolute atomic E-state index is 0.221. The van der Waals surface area contributed by atoms with E-state index in [0.29, 0.717) is 30.9 Å². The molecule has 0 heterocycles. The lowest BCUT2D eigenvalue weighted by molar-refractivity contribution is -0.131. The van der Waals surface area contributed by atoms with Crippen LogP contribution in [0.4, 0.5) is 0 Å². The lowest BCUT2D eigenvalue weighted by Crippen LogP contribution is -1.98. The Balaban J connectivity index is 2.18. The molecule has 0 bridgehead atoms. The van der Waals surface area contributed by atoms with Crippen LogP contribution in [0.25, 0.3) is 6.08 Å². The summed E-state index contributed by atoms with van der Waals surface area (Å²) < 4.78 is 6.32. The molecule has 0 radical (unpaired) electrons. The van der Waals surface area contributed by atoms with Gasteiger partial charge in [0.2, 0.25) is 0 Å². The Kier molecular flexibility index (Phi) is 6.36. The molecule has 0 spiro atoms. The van der Waals surface area contributed by atoms with Crippen molar-refractivity contribution < 1.29 is 14.6 Å². The number of carboxylic acid groups (broad SMARTS) is 1. The number of ether oxygens (including phenoxy) is 1. The van der Waals surface area contributed by atoms with Gasteiger partial charge in [0.15, 0.2) is 5.75 Å². The van der Waals surface area contributed by atoms with Gasteiger partial charge in [-0.1, -0.05) is 40.9 Å². The average molecular weight is 437 g/mol. The van der Waals surface area contributed by atoms with Crippen LogP contribution in [0.5, 0.6) is 5.75 Å². The lowest BCUT2D eigenvalue weighted by Gasteiger charge is -2.12. The minimum Gasteiger partial charge on any atom is -0.486 e. The molecule has 0 saturated carbocycles. The zero-order valence-corrected chi connectivity index (χ0v) is 15.4. The number of rotatable bonds is 5. The molecule has 2 aromatic carbocycles. The van der Waals surface area contributed by atoms with Crippen LogP contribution < -0.4 is 4.74 Å². The highest BCUT2D eigenvalue weighted by Gasteiger charge is 2.10. The highest BCUT2D eigenvalue weighted by Crippen LogP contribution is 2.36. The molecule has 0 aliphatic carbocycles. The molecule has 0 aliphatic heterocycles. The van der Waals surface area contributed by atoms with Crippen molar-refractivity contribution in [2.75, 3.05) is 0 Å². The number of carbonyl (C=O) groups is 1. The zero-order valence-electron chi connectivity index (χ0n) is 11.5. The lowest BCUT2D eigenvalue weighted by atomic mass is 10.2. The zero-order chi connectivity index (χ0) is 17.0. The summed E-state index contributed by atoms with van der Waals surface area (Å²) in [6, 6.07) is 8.46. The van der Waals surface area contributed by atoms with E-state index in [2.05, 4.69) is 15.9 Å². The van der Waals surface area contributed by atoms with Crippen LogP contribution in [0.3, 0.4) is 0 Å². The third-order valence-electron chi connectivity index (χ3n) is 2.83. The van der Waals surface area contributed by atoms with Gasteiger partial charge in [0, 0.05) is 21.7 Å². The maximum Gasteiger partial charge on any atom is 0.328 e. The van der Waals surface area contributed by atoms with Crippen LogP contribution in [-0.4, -0.2) is 11.1 Å². The van der Waals surface area contributed by atoms with Crippen molar-refractivity contribution in [3.63, 3.8) is 0 Å². The van der Waals surface area contributed by atoms with Crippen LogP contribution in [0, 0.1) is 0 Å². The van der Waals surface area contributed by atoms with Crippen LogP contribution >= 0.6 is 50.7 Å². The number of hydrogen-bond donors (Lipinski definition) is 1. The molecule has 0 aliphatic rings. The second-order valence-electron chi connectivity index (χ2n) is 4.51. The largest absolute Gasteiger partial charge is 0.486 e. The number of halogens is 4. The number of benzene rings is 2. The maximum atomic E-state index is 10.5. The van der Waals surface area contributed by atoms with Gasteiger partial charge in [0.1, 0.15) is 6.61 Å². The smallest absolute Gasteiger partial charge is 0.328 e. The second-order valence-corrected chi connectivity index (χ2v) is 6.61. The fourth-order valence-corrected chi connectivity index (χ4v) is 3.22. The first-order chi connectivity index (χ1) is 10.9. The van der Waals surface area contributed by atoms with E-state index in [4.69, 9.17) is 44.6 Å². The fourth-order valence-electron chi connectivity index (χ4n) is 1.77. The molecule has 23 heavy (non-hydrogen) atoms. The third-order valence-corrected chi connectivity index (χ3v) is 4.28. The summed E-state index contributed by atoms with van der Waals surface area (Å²) in [7, 11) is 0. The highest BCUT2D eigenvalue weighted by atomic mass is 79.9. The van der Waals surface area contributed by atoms with E-state index in [0.717, 1.165) is 11.6 Å². The minimum atomic E-state index is -1.03. The average Bonchev–Trinajstić information content (AvgIpc) is 2.46. The van der Waals surface area contributed by atoms with E-state index in [9.17, 15) is 4.79 Å². The van der Waals surface area contributed by atoms with E-state index in [1.54, 1.807) is 30.3 Å². The van der Waals surface area contributed by atoms with Crippen molar-refractivity contribution >= 4 is 62.8 Å². The molecule has 7 heteroatoms.